The Morgan fingerprint density at radius 2 is 2.06 bits per heavy atom. The smallest absolute Gasteiger partial charge is 0.242 e. The first-order chi connectivity index (χ1) is 8.33. The highest BCUT2D eigenvalue weighted by molar-refractivity contribution is 7.89. The SMILES string of the molecule is CN(C)CCCNS(=O)(=O)c1cc(N)ccc1Cl. The van der Waals surface area contributed by atoms with Crippen molar-refractivity contribution in [3.05, 3.63) is 23.2 Å². The lowest BCUT2D eigenvalue weighted by molar-refractivity contribution is 0.400. The molecule has 0 spiro atoms. The summed E-state index contributed by atoms with van der Waals surface area (Å²) < 4.78 is 26.5. The van der Waals surface area contributed by atoms with Crippen LogP contribution >= 0.6 is 11.6 Å². The van der Waals surface area contributed by atoms with E-state index in [9.17, 15) is 8.42 Å². The number of hydrogen-bond donors (Lipinski definition) is 2. The van der Waals surface area contributed by atoms with E-state index in [-0.39, 0.29) is 9.92 Å². The fourth-order valence-electron chi connectivity index (χ4n) is 1.41. The van der Waals surface area contributed by atoms with Crippen molar-refractivity contribution in [1.82, 2.24) is 9.62 Å². The van der Waals surface area contributed by atoms with Crippen LogP contribution in [0.2, 0.25) is 5.02 Å². The highest BCUT2D eigenvalue weighted by Gasteiger charge is 2.17. The summed E-state index contributed by atoms with van der Waals surface area (Å²) in [6.07, 6.45) is 0.728. The van der Waals surface area contributed by atoms with Crippen LogP contribution in [0.3, 0.4) is 0 Å². The summed E-state index contributed by atoms with van der Waals surface area (Å²) in [5.74, 6) is 0. The summed E-state index contributed by atoms with van der Waals surface area (Å²) in [6, 6.07) is 4.40. The van der Waals surface area contributed by atoms with Crippen molar-refractivity contribution in [2.45, 2.75) is 11.3 Å². The number of nitrogens with zero attached hydrogens (tertiary/aromatic N) is 1. The van der Waals surface area contributed by atoms with Crippen LogP contribution in [0.15, 0.2) is 23.1 Å². The van der Waals surface area contributed by atoms with Gasteiger partial charge in [0.05, 0.1) is 5.02 Å². The molecule has 0 unspecified atom stereocenters. The first-order valence-electron chi connectivity index (χ1n) is 5.52. The molecule has 0 saturated carbocycles. The van der Waals surface area contributed by atoms with Crippen molar-refractivity contribution in [3.8, 4) is 0 Å². The van der Waals surface area contributed by atoms with E-state index in [1.165, 1.54) is 12.1 Å². The zero-order valence-electron chi connectivity index (χ0n) is 10.5. The van der Waals surface area contributed by atoms with E-state index in [1.807, 2.05) is 19.0 Å². The molecule has 0 aromatic heterocycles. The van der Waals surface area contributed by atoms with Gasteiger partial charge in [0.1, 0.15) is 4.90 Å². The summed E-state index contributed by atoms with van der Waals surface area (Å²) in [4.78, 5) is 2.01. The van der Waals surface area contributed by atoms with Crippen molar-refractivity contribution in [2.75, 3.05) is 32.9 Å². The van der Waals surface area contributed by atoms with Crippen LogP contribution < -0.4 is 10.5 Å². The van der Waals surface area contributed by atoms with Gasteiger partial charge in [0.25, 0.3) is 0 Å². The lowest BCUT2D eigenvalue weighted by Gasteiger charge is -2.11. The standard InChI is InChI=1S/C11H18ClN3O2S/c1-15(2)7-3-6-14-18(16,17)11-8-9(13)4-5-10(11)12/h4-5,8,14H,3,6-7,13H2,1-2H3. The number of nitrogen functional groups attached to an aromatic ring is 1. The molecule has 1 rings (SSSR count). The second-order valence-corrected chi connectivity index (χ2v) is 6.39. The quantitative estimate of drug-likeness (QED) is 0.609. The maximum Gasteiger partial charge on any atom is 0.242 e. The molecule has 102 valence electrons. The van der Waals surface area contributed by atoms with Gasteiger partial charge >= 0.3 is 0 Å². The maximum atomic E-state index is 12.0. The van der Waals surface area contributed by atoms with Crippen LogP contribution in [0.1, 0.15) is 6.42 Å². The molecular formula is C11H18ClN3O2S. The molecule has 3 N–H and O–H groups in total. The average Bonchev–Trinajstić information content (AvgIpc) is 2.27. The summed E-state index contributed by atoms with van der Waals surface area (Å²) in [6.45, 7) is 1.18. The molecule has 0 aliphatic carbocycles. The molecule has 0 heterocycles. The van der Waals surface area contributed by atoms with Gasteiger partial charge in [-0.05, 0) is 45.3 Å². The summed E-state index contributed by atoms with van der Waals surface area (Å²) in [5, 5.41) is 0.171. The van der Waals surface area contributed by atoms with E-state index in [4.69, 9.17) is 17.3 Å². The molecule has 0 saturated heterocycles. The van der Waals surface area contributed by atoms with Crippen molar-refractivity contribution in [1.29, 1.82) is 0 Å². The number of nitrogens with two attached hydrogens (primary N) is 1. The summed E-state index contributed by atoms with van der Waals surface area (Å²) >= 11 is 5.86. The van der Waals surface area contributed by atoms with Gasteiger partial charge in [-0.2, -0.15) is 0 Å². The maximum absolute atomic E-state index is 12.0. The number of sulfonamides is 1. The van der Waals surface area contributed by atoms with Crippen LogP contribution in [0.4, 0.5) is 5.69 Å². The first-order valence-corrected chi connectivity index (χ1v) is 7.38. The minimum Gasteiger partial charge on any atom is -0.399 e. The Morgan fingerprint density at radius 3 is 2.67 bits per heavy atom. The van der Waals surface area contributed by atoms with Gasteiger partial charge in [-0.25, -0.2) is 13.1 Å². The molecule has 0 aliphatic rings. The number of rotatable bonds is 6. The monoisotopic (exact) mass is 291 g/mol. The fraction of sp³-hybridized carbons (Fsp3) is 0.455. The fourth-order valence-corrected chi connectivity index (χ4v) is 3.01. The van der Waals surface area contributed by atoms with E-state index in [1.54, 1.807) is 6.07 Å². The van der Waals surface area contributed by atoms with Crippen LogP contribution in [0.25, 0.3) is 0 Å². The minimum atomic E-state index is -3.59. The number of halogens is 1. The van der Waals surface area contributed by atoms with Crippen molar-refractivity contribution in [2.24, 2.45) is 0 Å². The van der Waals surface area contributed by atoms with Crippen LogP contribution in [-0.4, -0.2) is 40.5 Å². The Bertz CT molecular complexity index is 503. The van der Waals surface area contributed by atoms with Crippen LogP contribution in [0, 0.1) is 0 Å². The number of hydrogen-bond acceptors (Lipinski definition) is 4. The zero-order valence-corrected chi connectivity index (χ0v) is 12.1. The van der Waals surface area contributed by atoms with Crippen LogP contribution in [0.5, 0.6) is 0 Å². The third-order valence-corrected chi connectivity index (χ3v) is 4.26. The molecular weight excluding hydrogens is 274 g/mol. The van der Waals surface area contributed by atoms with E-state index >= 15 is 0 Å². The Kier molecular flexibility index (Phi) is 5.40. The molecule has 7 heteroatoms. The largest absolute Gasteiger partial charge is 0.399 e. The van der Waals surface area contributed by atoms with Crippen molar-refractivity contribution in [3.63, 3.8) is 0 Å². The van der Waals surface area contributed by atoms with Gasteiger partial charge in [-0.3, -0.25) is 0 Å². The van der Waals surface area contributed by atoms with E-state index in [0.29, 0.717) is 12.2 Å². The Hall–Kier alpha value is -0.820. The van der Waals surface area contributed by atoms with Gasteiger partial charge < -0.3 is 10.6 Å². The van der Waals surface area contributed by atoms with Gasteiger partial charge in [-0.15, -0.1) is 0 Å². The molecule has 0 radical (unpaired) electrons. The molecule has 0 aliphatic heterocycles. The number of benzene rings is 1. The lowest BCUT2D eigenvalue weighted by atomic mass is 10.3. The second kappa shape index (κ2) is 6.38. The van der Waals surface area contributed by atoms with Gasteiger partial charge in [-0.1, -0.05) is 11.6 Å². The van der Waals surface area contributed by atoms with E-state index in [0.717, 1.165) is 13.0 Å². The Balaban J connectivity index is 2.71. The summed E-state index contributed by atoms with van der Waals surface area (Å²) in [5.41, 5.74) is 5.93. The molecule has 1 aromatic carbocycles. The normalized spacial score (nSPS) is 12.0. The molecule has 0 atom stereocenters. The first kappa shape index (κ1) is 15.2. The van der Waals surface area contributed by atoms with Crippen molar-refractivity contribution < 1.29 is 8.42 Å². The van der Waals surface area contributed by atoms with Crippen molar-refractivity contribution >= 4 is 27.3 Å². The predicted molar refractivity (Wildman–Crippen MR) is 74.2 cm³/mol. The van der Waals surface area contributed by atoms with Gasteiger partial charge in [0.15, 0.2) is 0 Å². The predicted octanol–water partition coefficient (Wildman–Crippen LogP) is 1.15. The second-order valence-electron chi connectivity index (χ2n) is 4.24. The van der Waals surface area contributed by atoms with E-state index < -0.39 is 10.0 Å². The highest BCUT2D eigenvalue weighted by atomic mass is 35.5. The zero-order chi connectivity index (χ0) is 13.8. The summed E-state index contributed by atoms with van der Waals surface area (Å²) in [7, 11) is 0.276. The Morgan fingerprint density at radius 1 is 1.39 bits per heavy atom. The average molecular weight is 292 g/mol. The molecule has 0 amide bonds. The third-order valence-electron chi connectivity index (χ3n) is 2.32. The minimum absolute atomic E-state index is 0.0222. The third kappa shape index (κ3) is 4.45. The molecule has 0 bridgehead atoms. The van der Waals surface area contributed by atoms with Gasteiger partial charge in [0, 0.05) is 12.2 Å². The highest BCUT2D eigenvalue weighted by Crippen LogP contribution is 2.23. The van der Waals surface area contributed by atoms with Gasteiger partial charge in [0.2, 0.25) is 10.0 Å². The molecule has 1 aromatic rings. The number of nitrogens with one attached hydrogen (secondary N) is 1. The lowest BCUT2D eigenvalue weighted by Crippen LogP contribution is -2.27. The Labute approximate surface area is 113 Å². The molecule has 0 fully saturated rings. The number of anilines is 1. The molecule has 5 nitrogen and oxygen atoms in total. The van der Waals surface area contributed by atoms with E-state index in [2.05, 4.69) is 4.72 Å². The topological polar surface area (TPSA) is 75.4 Å². The van der Waals surface area contributed by atoms with Crippen LogP contribution in [-0.2, 0) is 10.0 Å². The molecule has 18 heavy (non-hydrogen) atoms.